The van der Waals surface area contributed by atoms with Crippen LogP contribution >= 0.6 is 11.3 Å². The molecule has 2 rings (SSSR count). The van der Waals surface area contributed by atoms with Crippen LogP contribution in [0, 0.1) is 13.8 Å². The van der Waals surface area contributed by atoms with Gasteiger partial charge in [0.15, 0.2) is 0 Å². The number of hydrogen-bond acceptors (Lipinski definition) is 5. The minimum absolute atomic E-state index is 0.0970. The summed E-state index contributed by atoms with van der Waals surface area (Å²) in [6.45, 7) is 12.9. The van der Waals surface area contributed by atoms with Gasteiger partial charge >= 0.3 is 5.97 Å². The monoisotopic (exact) mass is 307 g/mol. The summed E-state index contributed by atoms with van der Waals surface area (Å²) in [5.74, 6) is 0.588. The molecule has 0 aliphatic heterocycles. The molecule has 0 saturated carbocycles. The van der Waals surface area contributed by atoms with E-state index in [4.69, 9.17) is 0 Å². The van der Waals surface area contributed by atoms with Crippen molar-refractivity contribution in [3.05, 3.63) is 16.3 Å². The zero-order valence-corrected chi connectivity index (χ0v) is 14.1. The molecule has 0 unspecified atom stereocenters. The predicted octanol–water partition coefficient (Wildman–Crippen LogP) is 3.63. The molecule has 0 saturated heterocycles. The Kier molecular flexibility index (Phi) is 3.93. The van der Waals surface area contributed by atoms with Crippen LogP contribution in [-0.4, -0.2) is 33.1 Å². The van der Waals surface area contributed by atoms with E-state index < -0.39 is 5.97 Å². The number of aromatic carboxylic acids is 1. The quantitative estimate of drug-likeness (QED) is 0.938. The molecule has 5 nitrogen and oxygen atoms in total. The molecule has 2 aromatic heterocycles. The first-order valence-corrected chi connectivity index (χ1v) is 7.77. The number of anilines is 1. The third-order valence-electron chi connectivity index (χ3n) is 3.46. The van der Waals surface area contributed by atoms with Gasteiger partial charge in [0.25, 0.3) is 0 Å². The van der Waals surface area contributed by atoms with Crippen LogP contribution in [-0.2, 0) is 0 Å². The first-order valence-electron chi connectivity index (χ1n) is 6.95. The maximum absolute atomic E-state index is 11.4. The number of thiophene rings is 1. The van der Waals surface area contributed by atoms with Crippen molar-refractivity contribution in [2.75, 3.05) is 11.4 Å². The second kappa shape index (κ2) is 5.26. The minimum Gasteiger partial charge on any atom is -0.477 e. The van der Waals surface area contributed by atoms with Crippen molar-refractivity contribution >= 4 is 33.3 Å². The standard InChI is InChI=1S/C15H21N3O2S/c1-7-18(15(4,5)6)12-10-8(2)11(14(19)20)21-13(10)17-9(3)16-12/h7H2,1-6H3,(H,19,20). The fraction of sp³-hybridized carbons (Fsp3) is 0.533. The van der Waals surface area contributed by atoms with Gasteiger partial charge in [0.1, 0.15) is 21.3 Å². The summed E-state index contributed by atoms with van der Waals surface area (Å²) in [4.78, 5) is 23.7. The molecule has 0 aliphatic carbocycles. The average Bonchev–Trinajstić information content (AvgIpc) is 2.65. The summed E-state index contributed by atoms with van der Waals surface area (Å²) in [5.41, 5.74) is 0.653. The van der Waals surface area contributed by atoms with Crippen molar-refractivity contribution in [1.82, 2.24) is 9.97 Å². The smallest absolute Gasteiger partial charge is 0.346 e. The van der Waals surface area contributed by atoms with E-state index in [-0.39, 0.29) is 5.54 Å². The molecule has 114 valence electrons. The van der Waals surface area contributed by atoms with Crippen LogP contribution in [0.5, 0.6) is 0 Å². The van der Waals surface area contributed by atoms with Gasteiger partial charge < -0.3 is 10.0 Å². The lowest BCUT2D eigenvalue weighted by Gasteiger charge is -2.36. The molecule has 0 aromatic carbocycles. The molecule has 2 aromatic rings. The number of carbonyl (C=O) groups is 1. The molecule has 0 spiro atoms. The number of rotatable bonds is 3. The molecule has 0 aliphatic rings. The molecule has 0 fully saturated rings. The van der Waals surface area contributed by atoms with Gasteiger partial charge in [-0.15, -0.1) is 11.3 Å². The van der Waals surface area contributed by atoms with E-state index in [1.165, 1.54) is 11.3 Å². The van der Waals surface area contributed by atoms with Crippen molar-refractivity contribution in [3.8, 4) is 0 Å². The second-order valence-corrected chi connectivity index (χ2v) is 7.05. The lowest BCUT2D eigenvalue weighted by Crippen LogP contribution is -2.42. The Morgan fingerprint density at radius 3 is 2.38 bits per heavy atom. The number of carboxylic acid groups (broad SMARTS) is 1. The van der Waals surface area contributed by atoms with Crippen LogP contribution < -0.4 is 4.90 Å². The Hall–Kier alpha value is -1.69. The molecular weight excluding hydrogens is 286 g/mol. The summed E-state index contributed by atoms with van der Waals surface area (Å²) in [7, 11) is 0. The van der Waals surface area contributed by atoms with E-state index in [2.05, 4.69) is 42.6 Å². The highest BCUT2D eigenvalue weighted by Crippen LogP contribution is 2.37. The second-order valence-electron chi connectivity index (χ2n) is 6.05. The highest BCUT2D eigenvalue weighted by molar-refractivity contribution is 7.20. The summed E-state index contributed by atoms with van der Waals surface area (Å²) >= 11 is 1.22. The van der Waals surface area contributed by atoms with Crippen LogP contribution in [0.3, 0.4) is 0 Å². The largest absolute Gasteiger partial charge is 0.477 e. The van der Waals surface area contributed by atoms with Gasteiger partial charge in [-0.1, -0.05) is 0 Å². The van der Waals surface area contributed by atoms with E-state index >= 15 is 0 Å². The van der Waals surface area contributed by atoms with Crippen molar-refractivity contribution < 1.29 is 9.90 Å². The average molecular weight is 307 g/mol. The van der Waals surface area contributed by atoms with E-state index in [1.54, 1.807) is 0 Å². The van der Waals surface area contributed by atoms with Gasteiger partial charge in [0, 0.05) is 12.1 Å². The maximum Gasteiger partial charge on any atom is 0.346 e. The van der Waals surface area contributed by atoms with Crippen LogP contribution in [0.15, 0.2) is 0 Å². The number of hydrogen-bond donors (Lipinski definition) is 1. The molecular formula is C15H21N3O2S. The lowest BCUT2D eigenvalue weighted by atomic mass is 10.0. The van der Waals surface area contributed by atoms with E-state index in [9.17, 15) is 9.90 Å². The predicted molar refractivity (Wildman–Crippen MR) is 86.6 cm³/mol. The summed E-state index contributed by atoms with van der Waals surface area (Å²) in [5, 5.41) is 10.2. The minimum atomic E-state index is -0.905. The van der Waals surface area contributed by atoms with Gasteiger partial charge in [-0.05, 0) is 47.1 Å². The summed E-state index contributed by atoms with van der Waals surface area (Å²) in [6.07, 6.45) is 0. The van der Waals surface area contributed by atoms with Crippen molar-refractivity contribution in [1.29, 1.82) is 0 Å². The van der Waals surface area contributed by atoms with Crippen molar-refractivity contribution in [2.24, 2.45) is 0 Å². The zero-order chi connectivity index (χ0) is 15.9. The van der Waals surface area contributed by atoms with Crippen molar-refractivity contribution in [2.45, 2.75) is 47.1 Å². The molecule has 2 heterocycles. The number of aromatic nitrogens is 2. The molecule has 0 radical (unpaired) electrons. The van der Waals surface area contributed by atoms with E-state index in [0.717, 1.165) is 28.1 Å². The normalized spacial score (nSPS) is 11.9. The third kappa shape index (κ3) is 2.72. The Balaban J connectivity index is 2.82. The highest BCUT2D eigenvalue weighted by Gasteiger charge is 2.27. The third-order valence-corrected chi connectivity index (χ3v) is 4.63. The SMILES string of the molecule is CCN(c1nc(C)nc2sc(C(=O)O)c(C)c12)C(C)(C)C. The fourth-order valence-corrected chi connectivity index (χ4v) is 3.62. The molecule has 21 heavy (non-hydrogen) atoms. The van der Waals surface area contributed by atoms with Gasteiger partial charge in [-0.25, -0.2) is 14.8 Å². The van der Waals surface area contributed by atoms with Gasteiger partial charge in [-0.2, -0.15) is 0 Å². The van der Waals surface area contributed by atoms with Crippen LogP contribution in [0.2, 0.25) is 0 Å². The first-order chi connectivity index (χ1) is 9.66. The Morgan fingerprint density at radius 2 is 1.90 bits per heavy atom. The van der Waals surface area contributed by atoms with Gasteiger partial charge in [0.2, 0.25) is 0 Å². The maximum atomic E-state index is 11.4. The Bertz CT molecular complexity index is 701. The number of fused-ring (bicyclic) bond motifs is 1. The topological polar surface area (TPSA) is 66.3 Å². The Morgan fingerprint density at radius 1 is 1.29 bits per heavy atom. The fourth-order valence-electron chi connectivity index (χ4n) is 2.56. The lowest BCUT2D eigenvalue weighted by molar-refractivity contribution is 0.0701. The van der Waals surface area contributed by atoms with Crippen LogP contribution in [0.1, 0.15) is 48.8 Å². The zero-order valence-electron chi connectivity index (χ0n) is 13.3. The Labute approximate surface area is 128 Å². The van der Waals surface area contributed by atoms with Gasteiger partial charge in [-0.3, -0.25) is 0 Å². The molecule has 0 amide bonds. The number of nitrogens with zero attached hydrogens (tertiary/aromatic N) is 3. The molecule has 0 atom stereocenters. The first kappa shape index (κ1) is 15.7. The van der Waals surface area contributed by atoms with Crippen LogP contribution in [0.25, 0.3) is 10.2 Å². The molecule has 6 heteroatoms. The van der Waals surface area contributed by atoms with E-state index in [0.29, 0.717) is 10.7 Å². The molecule has 1 N–H and O–H groups in total. The number of carboxylic acids is 1. The summed E-state index contributed by atoms with van der Waals surface area (Å²) < 4.78 is 0. The summed E-state index contributed by atoms with van der Waals surface area (Å²) in [6, 6.07) is 0. The molecule has 0 bridgehead atoms. The van der Waals surface area contributed by atoms with E-state index in [1.807, 2.05) is 13.8 Å². The highest BCUT2D eigenvalue weighted by atomic mass is 32.1. The number of aryl methyl sites for hydroxylation is 2. The van der Waals surface area contributed by atoms with Crippen LogP contribution in [0.4, 0.5) is 5.82 Å². The van der Waals surface area contributed by atoms with Gasteiger partial charge in [0.05, 0.1) is 5.39 Å². The van der Waals surface area contributed by atoms with Crippen molar-refractivity contribution in [3.63, 3.8) is 0 Å².